The van der Waals surface area contributed by atoms with Crippen molar-refractivity contribution in [2.24, 2.45) is 0 Å². The van der Waals surface area contributed by atoms with Crippen LogP contribution in [0.2, 0.25) is 0 Å². The zero-order valence-electron chi connectivity index (χ0n) is 19.5. The predicted octanol–water partition coefficient (Wildman–Crippen LogP) is 4.34. The SMILES string of the molecule is C=C(C)C(=O)OC1CCCCC1OC(=O)CCc1cc(C)c(O)c(-n2nnc3ccccc32)c1. The first-order valence-electron chi connectivity index (χ1n) is 11.5. The molecule has 4 rings (SSSR count). The summed E-state index contributed by atoms with van der Waals surface area (Å²) in [5, 5.41) is 19.0. The fourth-order valence-electron chi connectivity index (χ4n) is 4.23. The summed E-state index contributed by atoms with van der Waals surface area (Å²) in [4.78, 5) is 24.6. The number of aromatic nitrogens is 3. The molecule has 0 aliphatic heterocycles. The van der Waals surface area contributed by atoms with Crippen molar-refractivity contribution in [3.63, 3.8) is 0 Å². The number of phenolic OH excluding ortho intramolecular Hbond substituents is 1. The van der Waals surface area contributed by atoms with E-state index in [0.717, 1.165) is 29.4 Å². The van der Waals surface area contributed by atoms with Gasteiger partial charge < -0.3 is 14.6 Å². The van der Waals surface area contributed by atoms with Gasteiger partial charge in [-0.3, -0.25) is 4.79 Å². The molecule has 1 saturated carbocycles. The van der Waals surface area contributed by atoms with Crippen molar-refractivity contribution in [3.8, 4) is 11.4 Å². The second kappa shape index (κ2) is 10.1. The molecule has 1 aromatic heterocycles. The third-order valence-corrected chi connectivity index (χ3v) is 6.07. The van der Waals surface area contributed by atoms with E-state index in [0.29, 0.717) is 36.1 Å². The van der Waals surface area contributed by atoms with Crippen molar-refractivity contribution in [2.45, 2.75) is 64.6 Å². The Morgan fingerprint density at radius 3 is 2.59 bits per heavy atom. The summed E-state index contributed by atoms with van der Waals surface area (Å²) in [6.07, 6.45) is 2.90. The molecule has 34 heavy (non-hydrogen) atoms. The molecular weight excluding hydrogens is 434 g/mol. The van der Waals surface area contributed by atoms with Gasteiger partial charge in [-0.15, -0.1) is 5.10 Å². The Kier molecular flexibility index (Phi) is 6.95. The third-order valence-electron chi connectivity index (χ3n) is 6.07. The van der Waals surface area contributed by atoms with Crippen LogP contribution in [-0.2, 0) is 25.5 Å². The van der Waals surface area contributed by atoms with E-state index in [-0.39, 0.29) is 18.1 Å². The molecule has 1 N–H and O–H groups in total. The number of hydrogen-bond acceptors (Lipinski definition) is 7. The normalized spacial score (nSPS) is 17.9. The summed E-state index contributed by atoms with van der Waals surface area (Å²) in [5.74, 6) is -0.686. The van der Waals surface area contributed by atoms with Crippen LogP contribution < -0.4 is 0 Å². The molecule has 0 bridgehead atoms. The highest BCUT2D eigenvalue weighted by molar-refractivity contribution is 5.87. The van der Waals surface area contributed by atoms with E-state index in [1.165, 1.54) is 0 Å². The minimum atomic E-state index is -0.458. The maximum atomic E-state index is 12.6. The lowest BCUT2D eigenvalue weighted by Crippen LogP contribution is -2.38. The van der Waals surface area contributed by atoms with Crippen LogP contribution in [0.5, 0.6) is 5.75 Å². The molecule has 1 fully saturated rings. The number of aromatic hydroxyl groups is 1. The van der Waals surface area contributed by atoms with Crippen LogP contribution in [0.1, 0.15) is 50.2 Å². The first-order valence-corrected chi connectivity index (χ1v) is 11.5. The number of aryl methyl sites for hydroxylation is 2. The molecule has 0 spiro atoms. The number of ether oxygens (including phenoxy) is 2. The van der Waals surface area contributed by atoms with Gasteiger partial charge in [-0.05, 0) is 75.3 Å². The average molecular weight is 464 g/mol. The monoisotopic (exact) mass is 463 g/mol. The first-order chi connectivity index (χ1) is 16.3. The van der Waals surface area contributed by atoms with Crippen LogP contribution in [-0.4, -0.2) is 44.2 Å². The number of benzene rings is 2. The van der Waals surface area contributed by atoms with E-state index in [4.69, 9.17) is 9.47 Å². The molecule has 1 heterocycles. The van der Waals surface area contributed by atoms with Crippen LogP contribution >= 0.6 is 0 Å². The minimum Gasteiger partial charge on any atom is -0.505 e. The molecule has 0 saturated heterocycles. The Morgan fingerprint density at radius 2 is 1.85 bits per heavy atom. The van der Waals surface area contributed by atoms with Crippen molar-refractivity contribution >= 4 is 23.0 Å². The smallest absolute Gasteiger partial charge is 0.333 e. The molecular formula is C26H29N3O5. The van der Waals surface area contributed by atoms with E-state index < -0.39 is 18.2 Å². The number of carbonyl (C=O) groups excluding carboxylic acids is 2. The van der Waals surface area contributed by atoms with Crippen LogP contribution in [0.3, 0.4) is 0 Å². The number of hydrogen-bond donors (Lipinski definition) is 1. The molecule has 2 unspecified atom stereocenters. The van der Waals surface area contributed by atoms with Crippen molar-refractivity contribution in [3.05, 3.63) is 59.7 Å². The van der Waals surface area contributed by atoms with Gasteiger partial charge in [0.05, 0.1) is 5.52 Å². The van der Waals surface area contributed by atoms with Gasteiger partial charge in [0.25, 0.3) is 0 Å². The van der Waals surface area contributed by atoms with Gasteiger partial charge in [0.1, 0.15) is 29.2 Å². The lowest BCUT2D eigenvalue weighted by atomic mass is 9.94. The standard InChI is InChI=1S/C26H29N3O5/c1-16(2)26(32)34-23-11-7-6-10-22(23)33-24(30)13-12-18-14-17(3)25(31)21(15-18)29-20-9-5-4-8-19(20)27-28-29/h4-5,8-9,14-15,22-23,31H,1,6-7,10-13H2,2-3H3. The van der Waals surface area contributed by atoms with Gasteiger partial charge in [0.15, 0.2) is 0 Å². The van der Waals surface area contributed by atoms with Crippen molar-refractivity contribution < 1.29 is 24.2 Å². The van der Waals surface area contributed by atoms with Crippen LogP contribution in [0, 0.1) is 6.92 Å². The molecule has 1 aliphatic rings. The maximum absolute atomic E-state index is 12.6. The Balaban J connectivity index is 1.44. The van der Waals surface area contributed by atoms with Crippen molar-refractivity contribution in [2.75, 3.05) is 0 Å². The summed E-state index contributed by atoms with van der Waals surface area (Å²) >= 11 is 0. The molecule has 0 radical (unpaired) electrons. The van der Waals surface area contributed by atoms with Gasteiger partial charge in [-0.25, -0.2) is 9.48 Å². The quantitative estimate of drug-likeness (QED) is 0.411. The van der Waals surface area contributed by atoms with Crippen molar-refractivity contribution in [1.82, 2.24) is 15.0 Å². The summed E-state index contributed by atoms with van der Waals surface area (Å²) < 4.78 is 12.8. The summed E-state index contributed by atoms with van der Waals surface area (Å²) in [5.41, 5.74) is 3.89. The highest BCUT2D eigenvalue weighted by Crippen LogP contribution is 2.30. The molecule has 8 nitrogen and oxygen atoms in total. The largest absolute Gasteiger partial charge is 0.505 e. The number of carbonyl (C=O) groups is 2. The number of rotatable bonds is 7. The highest BCUT2D eigenvalue weighted by atomic mass is 16.6. The fourth-order valence-corrected chi connectivity index (χ4v) is 4.23. The van der Waals surface area contributed by atoms with Crippen LogP contribution in [0.4, 0.5) is 0 Å². The molecule has 3 aromatic rings. The number of fused-ring (bicyclic) bond motifs is 1. The van der Waals surface area contributed by atoms with Crippen LogP contribution in [0.15, 0.2) is 48.6 Å². The van der Waals surface area contributed by atoms with Gasteiger partial charge in [0.2, 0.25) is 0 Å². The van der Waals surface area contributed by atoms with E-state index in [1.54, 1.807) is 11.6 Å². The molecule has 2 atom stereocenters. The summed E-state index contributed by atoms with van der Waals surface area (Å²) in [7, 11) is 0. The number of nitrogens with zero attached hydrogens (tertiary/aromatic N) is 3. The Bertz CT molecular complexity index is 1230. The summed E-state index contributed by atoms with van der Waals surface area (Å²) in [6.45, 7) is 7.02. The van der Waals surface area contributed by atoms with Gasteiger partial charge in [0, 0.05) is 12.0 Å². The molecule has 1 aliphatic carbocycles. The lowest BCUT2D eigenvalue weighted by Gasteiger charge is -2.30. The van der Waals surface area contributed by atoms with E-state index in [1.807, 2.05) is 43.3 Å². The molecule has 2 aromatic carbocycles. The zero-order chi connectivity index (χ0) is 24.2. The predicted molar refractivity (Wildman–Crippen MR) is 127 cm³/mol. The molecule has 178 valence electrons. The van der Waals surface area contributed by atoms with E-state index in [9.17, 15) is 14.7 Å². The van der Waals surface area contributed by atoms with Crippen molar-refractivity contribution in [1.29, 1.82) is 0 Å². The van der Waals surface area contributed by atoms with Gasteiger partial charge in [-0.1, -0.05) is 30.0 Å². The number of phenols is 1. The van der Waals surface area contributed by atoms with Crippen LogP contribution in [0.25, 0.3) is 16.7 Å². The summed E-state index contributed by atoms with van der Waals surface area (Å²) in [6, 6.07) is 11.2. The zero-order valence-corrected chi connectivity index (χ0v) is 19.5. The number of esters is 2. The van der Waals surface area contributed by atoms with Gasteiger partial charge >= 0.3 is 11.9 Å². The lowest BCUT2D eigenvalue weighted by molar-refractivity contribution is -0.169. The Morgan fingerprint density at radius 1 is 1.15 bits per heavy atom. The second-order valence-corrected chi connectivity index (χ2v) is 8.81. The Hall–Kier alpha value is -3.68. The topological polar surface area (TPSA) is 104 Å². The molecule has 0 amide bonds. The van der Waals surface area contributed by atoms with E-state index in [2.05, 4.69) is 16.9 Å². The van der Waals surface area contributed by atoms with Gasteiger partial charge in [-0.2, -0.15) is 0 Å². The average Bonchev–Trinajstić information content (AvgIpc) is 3.25. The minimum absolute atomic E-state index is 0.117. The second-order valence-electron chi connectivity index (χ2n) is 8.81. The highest BCUT2D eigenvalue weighted by Gasteiger charge is 2.31. The van der Waals surface area contributed by atoms with E-state index >= 15 is 0 Å². The fraction of sp³-hybridized carbons (Fsp3) is 0.385. The third kappa shape index (κ3) is 5.11. The first kappa shape index (κ1) is 23.5. The number of para-hydroxylation sites is 1. The maximum Gasteiger partial charge on any atom is 0.333 e. The molecule has 8 heteroatoms. The Labute approximate surface area is 198 Å².